The highest BCUT2D eigenvalue weighted by atomic mass is 16.5. The monoisotopic (exact) mass is 436 g/mol. The van der Waals surface area contributed by atoms with Gasteiger partial charge in [0.25, 0.3) is 11.7 Å². The molecule has 2 aliphatic heterocycles. The first-order valence-corrected chi connectivity index (χ1v) is 11.0. The molecule has 4 rings (SSSR count). The van der Waals surface area contributed by atoms with Crippen molar-refractivity contribution in [2.75, 3.05) is 46.0 Å². The van der Waals surface area contributed by atoms with Gasteiger partial charge < -0.3 is 19.5 Å². The molecule has 0 aromatic heterocycles. The fraction of sp³-hybridized carbons (Fsp3) is 0.360. The van der Waals surface area contributed by atoms with Gasteiger partial charge in [0, 0.05) is 31.7 Å². The van der Waals surface area contributed by atoms with E-state index in [9.17, 15) is 14.7 Å². The van der Waals surface area contributed by atoms with E-state index in [4.69, 9.17) is 9.47 Å². The minimum atomic E-state index is -0.660. The molecule has 2 aromatic rings. The quantitative estimate of drug-likeness (QED) is 0.409. The van der Waals surface area contributed by atoms with Crippen LogP contribution in [0, 0.1) is 0 Å². The van der Waals surface area contributed by atoms with Crippen molar-refractivity contribution in [2.24, 2.45) is 0 Å². The summed E-state index contributed by atoms with van der Waals surface area (Å²) in [5.74, 6) is -0.692. The summed E-state index contributed by atoms with van der Waals surface area (Å²) in [6.07, 6.45) is 0. The van der Waals surface area contributed by atoms with Crippen molar-refractivity contribution < 1.29 is 24.2 Å². The highest BCUT2D eigenvalue weighted by molar-refractivity contribution is 6.46. The number of amides is 1. The second-order valence-electron chi connectivity index (χ2n) is 7.81. The molecule has 7 nitrogen and oxygen atoms in total. The van der Waals surface area contributed by atoms with Crippen LogP contribution in [0.25, 0.3) is 5.76 Å². The molecule has 0 saturated carbocycles. The van der Waals surface area contributed by atoms with Crippen molar-refractivity contribution in [1.29, 1.82) is 0 Å². The largest absolute Gasteiger partial charge is 0.507 e. The maximum atomic E-state index is 13.1. The van der Waals surface area contributed by atoms with Gasteiger partial charge in [-0.3, -0.25) is 14.5 Å². The highest BCUT2D eigenvalue weighted by Gasteiger charge is 2.46. The lowest BCUT2D eigenvalue weighted by molar-refractivity contribution is -0.140. The number of ether oxygens (including phenoxy) is 2. The van der Waals surface area contributed by atoms with Crippen LogP contribution >= 0.6 is 0 Å². The first-order valence-electron chi connectivity index (χ1n) is 11.0. The van der Waals surface area contributed by atoms with Gasteiger partial charge in [-0.2, -0.15) is 0 Å². The van der Waals surface area contributed by atoms with Gasteiger partial charge in [-0.25, -0.2) is 0 Å². The van der Waals surface area contributed by atoms with Gasteiger partial charge in [0.1, 0.15) is 11.5 Å². The lowest BCUT2D eigenvalue weighted by atomic mass is 9.95. The van der Waals surface area contributed by atoms with Gasteiger partial charge in [-0.1, -0.05) is 42.5 Å². The van der Waals surface area contributed by atoms with Crippen LogP contribution in [0.2, 0.25) is 0 Å². The number of aliphatic hydroxyl groups is 1. The molecule has 0 radical (unpaired) electrons. The third kappa shape index (κ3) is 4.54. The Balaban J connectivity index is 1.70. The summed E-state index contributed by atoms with van der Waals surface area (Å²) in [6, 6.07) is 15.5. The summed E-state index contributed by atoms with van der Waals surface area (Å²) in [4.78, 5) is 29.9. The smallest absolute Gasteiger partial charge is 0.295 e. The normalized spacial score (nSPS) is 21.2. The van der Waals surface area contributed by atoms with Crippen molar-refractivity contribution in [1.82, 2.24) is 9.80 Å². The van der Waals surface area contributed by atoms with E-state index < -0.39 is 17.7 Å². The number of carbonyl (C=O) groups excluding carboxylic acids is 2. The standard InChI is InChI=1S/C25H28N2O5/c1-2-32-20-10-8-18(9-11-20)22-21(23(28)19-6-4-3-5-7-19)24(29)25(30)27(22)13-12-26-14-16-31-17-15-26/h3-11,22,28H,2,12-17H2,1H3/t22-/m0/s1. The Labute approximate surface area is 187 Å². The molecule has 7 heteroatoms. The van der Waals surface area contributed by atoms with E-state index in [-0.39, 0.29) is 11.3 Å². The number of hydrogen-bond acceptors (Lipinski definition) is 6. The second-order valence-corrected chi connectivity index (χ2v) is 7.81. The average molecular weight is 437 g/mol. The van der Waals surface area contributed by atoms with E-state index in [0.717, 1.165) is 18.7 Å². The maximum absolute atomic E-state index is 13.1. The molecule has 0 spiro atoms. The SMILES string of the molecule is CCOc1ccc([C@H]2C(=C(O)c3ccccc3)C(=O)C(=O)N2CCN2CCOCC2)cc1. The topological polar surface area (TPSA) is 79.3 Å². The number of hydrogen-bond donors (Lipinski definition) is 1. The van der Waals surface area contributed by atoms with E-state index in [1.165, 1.54) is 0 Å². The minimum Gasteiger partial charge on any atom is -0.507 e. The number of ketones is 1. The lowest BCUT2D eigenvalue weighted by Crippen LogP contribution is -2.42. The van der Waals surface area contributed by atoms with Crippen molar-refractivity contribution in [2.45, 2.75) is 13.0 Å². The Morgan fingerprint density at radius 2 is 1.72 bits per heavy atom. The zero-order chi connectivity index (χ0) is 22.5. The van der Waals surface area contributed by atoms with Gasteiger partial charge in [0.05, 0.1) is 31.4 Å². The Morgan fingerprint density at radius 3 is 2.38 bits per heavy atom. The molecule has 2 aromatic carbocycles. The second kappa shape index (κ2) is 9.97. The van der Waals surface area contributed by atoms with Crippen LogP contribution in [0.15, 0.2) is 60.2 Å². The van der Waals surface area contributed by atoms with E-state index >= 15 is 0 Å². The van der Waals surface area contributed by atoms with Crippen LogP contribution < -0.4 is 4.74 Å². The summed E-state index contributed by atoms with van der Waals surface area (Å²) >= 11 is 0. The van der Waals surface area contributed by atoms with Crippen LogP contribution in [0.1, 0.15) is 24.1 Å². The van der Waals surface area contributed by atoms with Crippen LogP contribution in [0.3, 0.4) is 0 Å². The van der Waals surface area contributed by atoms with Gasteiger partial charge in [-0.05, 0) is 24.6 Å². The number of nitrogens with zero attached hydrogens (tertiary/aromatic N) is 2. The van der Waals surface area contributed by atoms with Crippen molar-refractivity contribution in [3.05, 3.63) is 71.3 Å². The molecule has 2 heterocycles. The Bertz CT molecular complexity index is 981. The van der Waals surface area contributed by atoms with E-state index in [1.807, 2.05) is 37.3 Å². The zero-order valence-corrected chi connectivity index (χ0v) is 18.2. The number of morpholine rings is 1. The lowest BCUT2D eigenvalue weighted by Gasteiger charge is -2.31. The van der Waals surface area contributed by atoms with Gasteiger partial charge >= 0.3 is 0 Å². The minimum absolute atomic E-state index is 0.118. The first kappa shape index (κ1) is 22.0. The number of benzene rings is 2. The number of aliphatic hydroxyl groups excluding tert-OH is 1. The number of carbonyl (C=O) groups is 2. The van der Waals surface area contributed by atoms with Crippen LogP contribution in [0.5, 0.6) is 5.75 Å². The van der Waals surface area contributed by atoms with Gasteiger partial charge in [0.15, 0.2) is 0 Å². The molecule has 1 N–H and O–H groups in total. The van der Waals surface area contributed by atoms with Crippen molar-refractivity contribution in [3.8, 4) is 5.75 Å². The molecular weight excluding hydrogens is 408 g/mol. The predicted octanol–water partition coefficient (Wildman–Crippen LogP) is 2.84. The summed E-state index contributed by atoms with van der Waals surface area (Å²) in [5.41, 5.74) is 1.38. The fourth-order valence-corrected chi connectivity index (χ4v) is 4.20. The molecule has 2 aliphatic rings. The molecule has 2 fully saturated rings. The molecule has 1 amide bonds. The summed E-state index contributed by atoms with van der Waals surface area (Å²) in [6.45, 7) is 6.39. The average Bonchev–Trinajstić information content (AvgIpc) is 3.09. The summed E-state index contributed by atoms with van der Waals surface area (Å²) < 4.78 is 10.9. The van der Waals surface area contributed by atoms with Crippen LogP contribution in [0.4, 0.5) is 0 Å². The summed E-state index contributed by atoms with van der Waals surface area (Å²) in [7, 11) is 0. The fourth-order valence-electron chi connectivity index (χ4n) is 4.20. The molecule has 2 saturated heterocycles. The van der Waals surface area contributed by atoms with Crippen molar-refractivity contribution in [3.63, 3.8) is 0 Å². The maximum Gasteiger partial charge on any atom is 0.295 e. The van der Waals surface area contributed by atoms with Gasteiger partial charge in [-0.15, -0.1) is 0 Å². The number of likely N-dealkylation sites (tertiary alicyclic amines) is 1. The van der Waals surface area contributed by atoms with Gasteiger partial charge in [0.2, 0.25) is 0 Å². The predicted molar refractivity (Wildman–Crippen MR) is 120 cm³/mol. The molecule has 0 aliphatic carbocycles. The molecule has 0 bridgehead atoms. The third-order valence-electron chi connectivity index (χ3n) is 5.85. The van der Waals surface area contributed by atoms with E-state index in [2.05, 4.69) is 4.90 Å². The zero-order valence-electron chi connectivity index (χ0n) is 18.2. The van der Waals surface area contributed by atoms with E-state index in [1.54, 1.807) is 29.2 Å². The molecule has 168 valence electrons. The van der Waals surface area contributed by atoms with E-state index in [0.29, 0.717) is 44.2 Å². The molecule has 32 heavy (non-hydrogen) atoms. The first-order chi connectivity index (χ1) is 15.6. The number of rotatable bonds is 7. The molecule has 0 unspecified atom stereocenters. The molecular formula is C25H28N2O5. The van der Waals surface area contributed by atoms with Crippen LogP contribution in [-0.2, 0) is 14.3 Å². The number of Topliss-reactive ketones (excluding diaryl/α,β-unsaturated/α-hetero) is 1. The summed E-state index contributed by atoms with van der Waals surface area (Å²) in [5, 5.41) is 11.0. The van der Waals surface area contributed by atoms with Crippen LogP contribution in [-0.4, -0.2) is 72.6 Å². The third-order valence-corrected chi connectivity index (χ3v) is 5.85. The van der Waals surface area contributed by atoms with Crippen molar-refractivity contribution >= 4 is 17.4 Å². The Kier molecular flexibility index (Phi) is 6.87. The molecule has 1 atom stereocenters. The Hall–Kier alpha value is -3.16. The Morgan fingerprint density at radius 1 is 1.03 bits per heavy atom. The highest BCUT2D eigenvalue weighted by Crippen LogP contribution is 2.39.